The molecule has 5 heteroatoms. The number of aliphatic hydroxyl groups is 1. The molecule has 1 atom stereocenters. The number of amides is 2. The summed E-state index contributed by atoms with van der Waals surface area (Å²) in [4.78, 5) is 27.5. The van der Waals surface area contributed by atoms with Crippen LogP contribution in [0.3, 0.4) is 0 Å². The number of likely N-dealkylation sites (tertiary alicyclic amines) is 1. The van der Waals surface area contributed by atoms with E-state index >= 15 is 0 Å². The molecule has 1 heterocycles. The van der Waals surface area contributed by atoms with Crippen molar-refractivity contribution in [1.82, 2.24) is 10.2 Å². The first-order valence-electron chi connectivity index (χ1n) is 12.8. The van der Waals surface area contributed by atoms with Crippen LogP contribution in [0.1, 0.15) is 42.9 Å². The van der Waals surface area contributed by atoms with Gasteiger partial charge in [0.25, 0.3) is 0 Å². The molecule has 2 amide bonds. The van der Waals surface area contributed by atoms with Gasteiger partial charge in [0, 0.05) is 24.9 Å². The summed E-state index contributed by atoms with van der Waals surface area (Å²) < 4.78 is 0. The fraction of sp³-hybridized carbons (Fsp3) is 0.355. The zero-order chi connectivity index (χ0) is 25.2. The van der Waals surface area contributed by atoms with E-state index in [-0.39, 0.29) is 17.2 Å². The second kappa shape index (κ2) is 9.90. The van der Waals surface area contributed by atoms with E-state index in [0.717, 1.165) is 42.6 Å². The van der Waals surface area contributed by atoms with Gasteiger partial charge in [0.1, 0.15) is 5.60 Å². The minimum Gasteiger partial charge on any atom is -0.378 e. The fourth-order valence-corrected chi connectivity index (χ4v) is 6.11. The maximum Gasteiger partial charge on any atom is 0.227 e. The Kier molecular flexibility index (Phi) is 6.67. The minimum absolute atomic E-state index is 0.0380. The number of carbonyl (C=O) groups excluding carboxylic acids is 2. The Morgan fingerprint density at radius 1 is 0.917 bits per heavy atom. The van der Waals surface area contributed by atoms with Crippen LogP contribution in [0.25, 0.3) is 0 Å². The summed E-state index contributed by atoms with van der Waals surface area (Å²) in [5, 5.41) is 14.9. The van der Waals surface area contributed by atoms with Gasteiger partial charge in [-0.2, -0.15) is 0 Å². The summed E-state index contributed by atoms with van der Waals surface area (Å²) in [6, 6.07) is 28.4. The normalized spacial score (nSPS) is 17.7. The topological polar surface area (TPSA) is 69.6 Å². The molecule has 0 bridgehead atoms. The van der Waals surface area contributed by atoms with Crippen LogP contribution in [0.4, 0.5) is 0 Å². The standard InChI is InChI=1S/C31H34N2O3/c1-23(31(36,26-13-7-3-8-14-26)27-15-9-4-10-16-27)32-28(34)17-25-19-30(20-25)21-33(22-30)29(35)18-24-11-5-2-6-12-24/h2-16,23,25,36H,17-22H2,1H3,(H,32,34)/t23-/m0/s1. The number of hydrogen-bond acceptors (Lipinski definition) is 3. The third-order valence-corrected chi connectivity index (χ3v) is 7.95. The molecule has 5 nitrogen and oxygen atoms in total. The Bertz CT molecular complexity index is 1140. The summed E-state index contributed by atoms with van der Waals surface area (Å²) in [5.74, 6) is 0.469. The van der Waals surface area contributed by atoms with Crippen molar-refractivity contribution in [3.63, 3.8) is 0 Å². The van der Waals surface area contributed by atoms with Crippen molar-refractivity contribution in [2.75, 3.05) is 13.1 Å². The molecular formula is C31H34N2O3. The van der Waals surface area contributed by atoms with Crippen molar-refractivity contribution in [2.24, 2.45) is 11.3 Å². The van der Waals surface area contributed by atoms with E-state index in [4.69, 9.17) is 0 Å². The van der Waals surface area contributed by atoms with E-state index in [9.17, 15) is 14.7 Å². The zero-order valence-electron chi connectivity index (χ0n) is 20.8. The van der Waals surface area contributed by atoms with Crippen LogP contribution in [0, 0.1) is 11.3 Å². The Hall–Kier alpha value is -3.44. The Balaban J connectivity index is 1.13. The molecule has 1 spiro atoms. The lowest BCUT2D eigenvalue weighted by atomic mass is 9.57. The van der Waals surface area contributed by atoms with Gasteiger partial charge in [-0.25, -0.2) is 0 Å². The summed E-state index contributed by atoms with van der Waals surface area (Å²) in [6.45, 7) is 3.46. The summed E-state index contributed by atoms with van der Waals surface area (Å²) in [5.41, 5.74) is 1.42. The average molecular weight is 483 g/mol. The van der Waals surface area contributed by atoms with Crippen LogP contribution in [0.5, 0.6) is 0 Å². The molecule has 1 saturated heterocycles. The smallest absolute Gasteiger partial charge is 0.227 e. The van der Waals surface area contributed by atoms with Gasteiger partial charge < -0.3 is 15.3 Å². The van der Waals surface area contributed by atoms with E-state index in [2.05, 4.69) is 5.32 Å². The first-order chi connectivity index (χ1) is 17.4. The van der Waals surface area contributed by atoms with Gasteiger partial charge in [-0.1, -0.05) is 91.0 Å². The highest BCUT2D eigenvalue weighted by atomic mass is 16.3. The van der Waals surface area contributed by atoms with Gasteiger partial charge >= 0.3 is 0 Å². The SMILES string of the molecule is C[C@H](NC(=O)CC1CC2(C1)CN(C(=O)Cc1ccccc1)C2)C(O)(c1ccccc1)c1ccccc1. The van der Waals surface area contributed by atoms with Gasteiger partial charge in [0.05, 0.1) is 12.5 Å². The highest BCUT2D eigenvalue weighted by Gasteiger charge is 2.53. The van der Waals surface area contributed by atoms with Crippen LogP contribution in [-0.2, 0) is 21.6 Å². The van der Waals surface area contributed by atoms with Gasteiger partial charge in [-0.3, -0.25) is 9.59 Å². The fourth-order valence-electron chi connectivity index (χ4n) is 6.11. The number of nitrogens with one attached hydrogen (secondary N) is 1. The molecule has 0 unspecified atom stereocenters. The monoisotopic (exact) mass is 482 g/mol. The van der Waals surface area contributed by atoms with E-state index in [1.807, 2.05) is 103 Å². The van der Waals surface area contributed by atoms with Gasteiger partial charge in [-0.15, -0.1) is 0 Å². The van der Waals surface area contributed by atoms with Crippen LogP contribution >= 0.6 is 0 Å². The van der Waals surface area contributed by atoms with Crippen LogP contribution in [0.15, 0.2) is 91.0 Å². The van der Waals surface area contributed by atoms with Crippen LogP contribution in [-0.4, -0.2) is 41.0 Å². The third-order valence-electron chi connectivity index (χ3n) is 7.95. The second-order valence-electron chi connectivity index (χ2n) is 10.7. The molecule has 0 aromatic heterocycles. The maximum absolute atomic E-state index is 13.0. The first-order valence-corrected chi connectivity index (χ1v) is 12.8. The highest BCUT2D eigenvalue weighted by molar-refractivity contribution is 5.80. The van der Waals surface area contributed by atoms with Gasteiger partial charge in [0.15, 0.2) is 0 Å². The molecule has 2 fully saturated rings. The summed E-state index contributed by atoms with van der Waals surface area (Å²) >= 11 is 0. The van der Waals surface area contributed by atoms with Crippen LogP contribution < -0.4 is 5.32 Å². The number of carbonyl (C=O) groups is 2. The minimum atomic E-state index is -1.33. The predicted octanol–water partition coefficient (Wildman–Crippen LogP) is 4.30. The Labute approximate surface area is 213 Å². The number of hydrogen-bond donors (Lipinski definition) is 2. The molecule has 186 valence electrons. The quantitative estimate of drug-likeness (QED) is 0.503. The van der Waals surface area contributed by atoms with Crippen molar-refractivity contribution in [1.29, 1.82) is 0 Å². The molecule has 3 aromatic carbocycles. The van der Waals surface area contributed by atoms with Gasteiger partial charge in [-0.05, 0) is 42.4 Å². The largest absolute Gasteiger partial charge is 0.378 e. The summed E-state index contributed by atoms with van der Waals surface area (Å²) in [7, 11) is 0. The molecule has 1 aliphatic carbocycles. The highest BCUT2D eigenvalue weighted by Crippen LogP contribution is 2.53. The van der Waals surface area contributed by atoms with E-state index < -0.39 is 11.6 Å². The second-order valence-corrected chi connectivity index (χ2v) is 10.7. The number of rotatable bonds is 8. The lowest BCUT2D eigenvalue weighted by molar-refractivity contribution is -0.156. The predicted molar refractivity (Wildman–Crippen MR) is 140 cm³/mol. The Morgan fingerprint density at radius 3 is 1.94 bits per heavy atom. The van der Waals surface area contributed by atoms with Crippen molar-refractivity contribution < 1.29 is 14.7 Å². The van der Waals surface area contributed by atoms with E-state index in [1.54, 1.807) is 0 Å². The van der Waals surface area contributed by atoms with Crippen molar-refractivity contribution in [2.45, 2.75) is 44.2 Å². The van der Waals surface area contributed by atoms with E-state index in [0.29, 0.717) is 18.8 Å². The Morgan fingerprint density at radius 2 is 1.42 bits per heavy atom. The molecule has 1 saturated carbocycles. The maximum atomic E-state index is 13.0. The molecule has 2 N–H and O–H groups in total. The molecule has 1 aliphatic heterocycles. The van der Waals surface area contributed by atoms with Crippen molar-refractivity contribution >= 4 is 11.8 Å². The first kappa shape index (κ1) is 24.3. The molecule has 2 aliphatic rings. The lowest BCUT2D eigenvalue weighted by Crippen LogP contribution is -2.64. The lowest BCUT2D eigenvalue weighted by Gasteiger charge is -2.59. The van der Waals surface area contributed by atoms with Crippen molar-refractivity contribution in [3.05, 3.63) is 108 Å². The zero-order valence-corrected chi connectivity index (χ0v) is 20.8. The van der Waals surface area contributed by atoms with E-state index in [1.165, 1.54) is 0 Å². The molecule has 36 heavy (non-hydrogen) atoms. The number of nitrogens with zero attached hydrogens (tertiary/aromatic N) is 1. The molecule has 0 radical (unpaired) electrons. The summed E-state index contributed by atoms with van der Waals surface area (Å²) in [6.07, 6.45) is 2.85. The van der Waals surface area contributed by atoms with Crippen LogP contribution in [0.2, 0.25) is 0 Å². The molecule has 5 rings (SSSR count). The number of benzene rings is 3. The third kappa shape index (κ3) is 4.80. The molecule has 3 aromatic rings. The average Bonchev–Trinajstić information content (AvgIpc) is 2.85. The van der Waals surface area contributed by atoms with Gasteiger partial charge in [0.2, 0.25) is 11.8 Å². The molecular weight excluding hydrogens is 448 g/mol. The van der Waals surface area contributed by atoms with Crippen molar-refractivity contribution in [3.8, 4) is 0 Å².